The van der Waals surface area contributed by atoms with Gasteiger partial charge in [-0.2, -0.15) is 0 Å². The highest BCUT2D eigenvalue weighted by Crippen LogP contribution is 2.38. The molecule has 0 radical (unpaired) electrons. The van der Waals surface area contributed by atoms with Crippen LogP contribution >= 0.6 is 7.82 Å². The minimum Gasteiger partial charge on any atom is -0.756 e. The normalized spacial score (nSPS) is 14.5. The molecule has 3 unspecified atom stereocenters. The lowest BCUT2D eigenvalue weighted by molar-refractivity contribution is -0.870. The van der Waals surface area contributed by atoms with Crippen LogP contribution in [0.1, 0.15) is 233 Å². The van der Waals surface area contributed by atoms with Gasteiger partial charge in [0.1, 0.15) is 19.3 Å². The van der Waals surface area contributed by atoms with Gasteiger partial charge in [0.15, 0.2) is 0 Å². The first kappa shape index (κ1) is 68.9. The number of unbranched alkanes of at least 4 members (excludes halogenated alkanes) is 21. The van der Waals surface area contributed by atoms with Crippen molar-refractivity contribution in [3.63, 3.8) is 0 Å². The molecule has 72 heavy (non-hydrogen) atoms. The number of hydrogen-bond donors (Lipinski definition) is 1. The van der Waals surface area contributed by atoms with Crippen LogP contribution in [0.4, 0.5) is 0 Å². The number of esters is 1. The number of quaternary nitrogens is 1. The molecule has 1 N–H and O–H groups in total. The fourth-order valence-corrected chi connectivity index (χ4v) is 8.50. The van der Waals surface area contributed by atoms with Crippen LogP contribution in [-0.4, -0.2) is 69.4 Å². The third-order valence-electron chi connectivity index (χ3n) is 12.3. The molecule has 0 aliphatic heterocycles. The molecule has 0 bridgehead atoms. The Morgan fingerprint density at radius 3 is 1.36 bits per heavy atom. The Morgan fingerprint density at radius 1 is 0.500 bits per heavy atom. The highest BCUT2D eigenvalue weighted by Gasteiger charge is 2.27. The molecule has 0 aliphatic rings. The van der Waals surface area contributed by atoms with Crippen molar-refractivity contribution in [2.75, 3.05) is 40.9 Å². The van der Waals surface area contributed by atoms with Crippen molar-refractivity contribution >= 4 is 19.7 Å². The van der Waals surface area contributed by atoms with E-state index in [2.05, 4.69) is 99.0 Å². The van der Waals surface area contributed by atoms with E-state index in [1.165, 1.54) is 96.3 Å². The Hall–Kier alpha value is -3.07. The number of amides is 1. The molecule has 0 rings (SSSR count). The zero-order chi connectivity index (χ0) is 52.9. The monoisotopic (exact) mass is 1020 g/mol. The molecule has 0 spiro atoms. The van der Waals surface area contributed by atoms with Gasteiger partial charge in [0, 0.05) is 12.8 Å². The Bertz CT molecular complexity index is 1560. The number of nitrogens with zero attached hydrogens (tertiary/aromatic N) is 1. The fraction of sp³-hybridized carbons (Fsp3) is 0.710. The van der Waals surface area contributed by atoms with E-state index in [4.69, 9.17) is 13.8 Å². The predicted octanol–water partition coefficient (Wildman–Crippen LogP) is 17.0. The number of rotatable bonds is 51. The number of nitrogens with one attached hydrogen (secondary N) is 1. The molecule has 3 atom stereocenters. The maximum absolute atomic E-state index is 13.5. The second-order valence-corrected chi connectivity index (χ2v) is 21.8. The zero-order valence-corrected chi connectivity index (χ0v) is 48.0. The highest BCUT2D eigenvalue weighted by molar-refractivity contribution is 7.45. The number of phosphoric acid groups is 1. The van der Waals surface area contributed by atoms with Crippen LogP contribution in [0, 0.1) is 0 Å². The summed E-state index contributed by atoms with van der Waals surface area (Å²) in [5, 5.41) is 2.99. The quantitative estimate of drug-likeness (QED) is 0.0212. The molecule has 0 aromatic rings. The third kappa shape index (κ3) is 51.8. The van der Waals surface area contributed by atoms with Crippen molar-refractivity contribution < 1.29 is 37.3 Å². The molecule has 0 aromatic carbocycles. The Kier molecular flexibility index (Phi) is 49.2. The van der Waals surface area contributed by atoms with Gasteiger partial charge in [-0.05, 0) is 96.0 Å². The van der Waals surface area contributed by atoms with Gasteiger partial charge in [0.05, 0.1) is 33.8 Å². The number of likely N-dealkylation sites (N-methyl/N-ethyl adjacent to an activating group) is 1. The molecule has 1 amide bonds. The summed E-state index contributed by atoms with van der Waals surface area (Å²) in [7, 11) is 1.13. The lowest BCUT2D eigenvalue weighted by Gasteiger charge is -2.30. The molecule has 0 saturated heterocycles. The van der Waals surface area contributed by atoms with Crippen LogP contribution in [0.15, 0.2) is 97.2 Å². The Labute approximate surface area is 443 Å². The molecule has 10 heteroatoms. The van der Waals surface area contributed by atoms with Crippen LogP contribution < -0.4 is 10.2 Å². The van der Waals surface area contributed by atoms with Crippen molar-refractivity contribution in [1.29, 1.82) is 0 Å². The highest BCUT2D eigenvalue weighted by atomic mass is 31.2. The number of carbonyl (C=O) groups is 2. The maximum Gasteiger partial charge on any atom is 0.306 e. The minimum absolute atomic E-state index is 0.0392. The second-order valence-electron chi connectivity index (χ2n) is 20.4. The number of hydrogen-bond acceptors (Lipinski definition) is 7. The smallest absolute Gasteiger partial charge is 0.306 e. The van der Waals surface area contributed by atoms with Crippen LogP contribution in [0.5, 0.6) is 0 Å². The van der Waals surface area contributed by atoms with Gasteiger partial charge >= 0.3 is 5.97 Å². The van der Waals surface area contributed by atoms with Crippen LogP contribution in [0.2, 0.25) is 0 Å². The van der Waals surface area contributed by atoms with E-state index >= 15 is 0 Å². The SMILES string of the molecule is CC/C=C\C/C=C\C/C=C\C/C=C\C/C=C\C/C=C\CCC(=O)OC(/C=C/CCCCCCCCCCC)C(COP(=O)([O-])OCC[N+](C)(C)C)NC(=O)CCCCCCC/C=C/CCCCCCCCC. The maximum atomic E-state index is 13.5. The van der Waals surface area contributed by atoms with Crippen LogP contribution in [0.25, 0.3) is 0 Å². The van der Waals surface area contributed by atoms with Crippen LogP contribution in [-0.2, 0) is 27.9 Å². The Balaban J connectivity index is 5.44. The van der Waals surface area contributed by atoms with E-state index < -0.39 is 32.5 Å². The summed E-state index contributed by atoms with van der Waals surface area (Å²) in [6.45, 7) is 6.65. The van der Waals surface area contributed by atoms with Gasteiger partial charge in [0.25, 0.3) is 7.82 Å². The van der Waals surface area contributed by atoms with E-state index in [9.17, 15) is 19.0 Å². The van der Waals surface area contributed by atoms with Crippen molar-refractivity contribution in [2.24, 2.45) is 0 Å². The molecule has 0 saturated carbocycles. The van der Waals surface area contributed by atoms with Gasteiger partial charge in [0.2, 0.25) is 5.91 Å². The third-order valence-corrected chi connectivity index (χ3v) is 13.2. The van der Waals surface area contributed by atoms with E-state index in [0.717, 1.165) is 89.9 Å². The van der Waals surface area contributed by atoms with E-state index in [1.807, 2.05) is 39.4 Å². The summed E-state index contributed by atoms with van der Waals surface area (Å²) in [5.41, 5.74) is 0. The lowest BCUT2D eigenvalue weighted by atomic mass is 10.1. The summed E-state index contributed by atoms with van der Waals surface area (Å²) in [6, 6.07) is -0.927. The molecule has 0 aliphatic carbocycles. The van der Waals surface area contributed by atoms with E-state index in [-0.39, 0.29) is 25.4 Å². The number of ether oxygens (including phenoxy) is 1. The second kappa shape index (κ2) is 51.4. The molecular weight excluding hydrogens is 916 g/mol. The molecule has 0 fully saturated rings. The van der Waals surface area contributed by atoms with Gasteiger partial charge < -0.3 is 28.5 Å². The van der Waals surface area contributed by atoms with Gasteiger partial charge in [-0.3, -0.25) is 14.2 Å². The van der Waals surface area contributed by atoms with E-state index in [0.29, 0.717) is 23.9 Å². The number of carbonyl (C=O) groups excluding carboxylic acids is 2. The molecule has 0 aromatic heterocycles. The van der Waals surface area contributed by atoms with Crippen molar-refractivity contribution in [2.45, 2.75) is 245 Å². The summed E-state index contributed by atoms with van der Waals surface area (Å²) in [4.78, 5) is 39.8. The molecular formula is C62H109N2O7P. The number of allylic oxidation sites excluding steroid dienone is 15. The predicted molar refractivity (Wildman–Crippen MR) is 307 cm³/mol. The summed E-state index contributed by atoms with van der Waals surface area (Å²) >= 11 is 0. The summed E-state index contributed by atoms with van der Waals surface area (Å²) < 4.78 is 30.1. The van der Waals surface area contributed by atoms with Crippen molar-refractivity contribution in [1.82, 2.24) is 5.32 Å². The van der Waals surface area contributed by atoms with Crippen molar-refractivity contribution in [3.8, 4) is 0 Å². The van der Waals surface area contributed by atoms with Gasteiger partial charge in [-0.25, -0.2) is 0 Å². The first-order valence-electron chi connectivity index (χ1n) is 29.0. The van der Waals surface area contributed by atoms with E-state index in [1.54, 1.807) is 6.08 Å². The average Bonchev–Trinajstić information content (AvgIpc) is 3.34. The Morgan fingerprint density at radius 2 is 0.903 bits per heavy atom. The minimum atomic E-state index is -4.72. The van der Waals surface area contributed by atoms with Gasteiger partial charge in [-0.1, -0.05) is 221 Å². The molecule has 0 heterocycles. The first-order chi connectivity index (χ1) is 34.9. The first-order valence-corrected chi connectivity index (χ1v) is 30.5. The summed E-state index contributed by atoms with van der Waals surface area (Å²) in [5.74, 6) is -0.654. The lowest BCUT2D eigenvalue weighted by Crippen LogP contribution is -2.47. The zero-order valence-electron chi connectivity index (χ0n) is 47.1. The topological polar surface area (TPSA) is 114 Å². The largest absolute Gasteiger partial charge is 0.756 e. The molecule has 414 valence electrons. The average molecular weight is 1030 g/mol. The van der Waals surface area contributed by atoms with Gasteiger partial charge in [-0.15, -0.1) is 0 Å². The van der Waals surface area contributed by atoms with Crippen LogP contribution in [0.3, 0.4) is 0 Å². The molecule has 9 nitrogen and oxygen atoms in total. The summed E-state index contributed by atoms with van der Waals surface area (Å²) in [6.07, 6.45) is 68.2. The fourth-order valence-electron chi connectivity index (χ4n) is 7.78. The number of phosphoric ester groups is 1. The van der Waals surface area contributed by atoms with Crippen molar-refractivity contribution in [3.05, 3.63) is 97.2 Å². The standard InChI is InChI=1S/C62H109N2O7P/c1-7-10-13-16-19-22-25-27-29-31-32-33-35-37-40-43-46-49-52-55-62(66)71-60(53-50-47-44-41-38-24-21-18-15-12-9-3)59(58-70-72(67,68)69-57-56-64(4,5)6)63-61(65)54-51-48-45-42-39-36-34-30-28-26-23-20-17-14-11-8-2/h10,13,19,22,27,29-30,32-34,37,40,46,49-50,53,59-60H,7-9,11-12,14-18,20-21,23-26,28,31,35-36,38-39,41-45,47-48,51-52,54-58H2,1-6H3,(H-,63,65,67,68)/b13-10-,22-19-,29-27-,33-32-,34-30+,40-37-,49-46-,53-50+.